The maximum absolute atomic E-state index is 11.9. The monoisotopic (exact) mass is 329 g/mol. The molecule has 1 rings (SSSR count). The molecule has 5 nitrogen and oxygen atoms in total. The predicted octanol–water partition coefficient (Wildman–Crippen LogP) is 2.82. The van der Waals surface area contributed by atoms with Gasteiger partial charge in [0.05, 0.1) is 0 Å². The number of hydrogen-bond acceptors (Lipinski definition) is 4. The van der Waals surface area contributed by atoms with Crippen LogP contribution in [0.2, 0.25) is 0 Å². The van der Waals surface area contributed by atoms with Gasteiger partial charge in [0.1, 0.15) is 11.6 Å². The summed E-state index contributed by atoms with van der Waals surface area (Å²) < 4.78 is 5.42. The normalized spacial score (nSPS) is 11.0. The lowest BCUT2D eigenvalue weighted by atomic mass is 10.1. The highest BCUT2D eigenvalue weighted by Crippen LogP contribution is 2.06. The molecule has 0 spiro atoms. The topological polar surface area (TPSA) is 74.1 Å². The molecule has 24 heavy (non-hydrogen) atoms. The van der Waals surface area contributed by atoms with Gasteiger partial charge in [0.15, 0.2) is 0 Å². The van der Waals surface area contributed by atoms with Crippen molar-refractivity contribution in [3.05, 3.63) is 47.2 Å². The number of hydrogen-bond donors (Lipinski definition) is 2. The summed E-state index contributed by atoms with van der Waals surface area (Å²) >= 11 is 0. The number of unbranched alkanes of at least 4 members (excludes halogenated alkanes) is 1. The van der Waals surface area contributed by atoms with Crippen LogP contribution in [-0.2, 0) is 16.1 Å². The van der Waals surface area contributed by atoms with E-state index in [0.717, 1.165) is 31.4 Å². The van der Waals surface area contributed by atoms with Gasteiger partial charge in [0.25, 0.3) is 5.91 Å². The molecule has 0 saturated heterocycles. The average Bonchev–Trinajstić information content (AvgIpc) is 2.59. The Kier molecular flexibility index (Phi) is 9.98. The van der Waals surface area contributed by atoms with E-state index in [4.69, 9.17) is 10.00 Å². The summed E-state index contributed by atoms with van der Waals surface area (Å²) in [7, 11) is 0. The van der Waals surface area contributed by atoms with Crippen LogP contribution < -0.4 is 10.6 Å². The molecule has 2 N–H and O–H groups in total. The second kappa shape index (κ2) is 12.1. The zero-order valence-corrected chi connectivity index (χ0v) is 14.6. The Hall–Kier alpha value is -2.32. The highest BCUT2D eigenvalue weighted by atomic mass is 16.5. The number of nitrogens with zero attached hydrogens (tertiary/aromatic N) is 1. The Labute approximate surface area is 144 Å². The highest BCUT2D eigenvalue weighted by molar-refractivity contribution is 5.97. The van der Waals surface area contributed by atoms with E-state index < -0.39 is 0 Å². The molecule has 1 aromatic rings. The molecule has 0 fully saturated rings. The summed E-state index contributed by atoms with van der Waals surface area (Å²) in [4.78, 5) is 11.9. The van der Waals surface area contributed by atoms with Gasteiger partial charge in [0, 0.05) is 32.5 Å². The van der Waals surface area contributed by atoms with E-state index in [9.17, 15) is 4.79 Å². The molecule has 0 aliphatic heterocycles. The summed E-state index contributed by atoms with van der Waals surface area (Å²) in [6, 6.07) is 9.92. The van der Waals surface area contributed by atoms with Crippen molar-refractivity contribution in [1.29, 1.82) is 5.26 Å². The van der Waals surface area contributed by atoms with Crippen LogP contribution in [0.5, 0.6) is 0 Å². The van der Waals surface area contributed by atoms with E-state index in [1.54, 1.807) is 0 Å². The molecule has 0 unspecified atom stereocenters. The Morgan fingerprint density at radius 1 is 1.29 bits per heavy atom. The molecule has 0 aliphatic carbocycles. The molecule has 0 radical (unpaired) electrons. The van der Waals surface area contributed by atoms with E-state index in [1.807, 2.05) is 37.3 Å². The fourth-order valence-corrected chi connectivity index (χ4v) is 2.04. The molecule has 5 heteroatoms. The number of rotatable bonds is 11. The smallest absolute Gasteiger partial charge is 0.263 e. The first-order valence-corrected chi connectivity index (χ1v) is 8.43. The number of carbonyl (C=O) groups excluding carboxylic acids is 1. The van der Waals surface area contributed by atoms with Gasteiger partial charge in [-0.2, -0.15) is 5.26 Å². The molecule has 130 valence electrons. The van der Waals surface area contributed by atoms with E-state index >= 15 is 0 Å². The molecule has 0 saturated carbocycles. The molecule has 0 aliphatic rings. The number of amides is 1. The molecule has 0 atom stereocenters. The van der Waals surface area contributed by atoms with Gasteiger partial charge < -0.3 is 15.4 Å². The minimum atomic E-state index is -0.358. The van der Waals surface area contributed by atoms with Crippen molar-refractivity contribution in [2.75, 3.05) is 19.8 Å². The summed E-state index contributed by atoms with van der Waals surface area (Å²) in [5, 5.41) is 14.9. The van der Waals surface area contributed by atoms with Gasteiger partial charge in [-0.1, -0.05) is 37.6 Å². The molecule has 1 aromatic carbocycles. The van der Waals surface area contributed by atoms with Crippen molar-refractivity contribution in [3.8, 4) is 6.07 Å². The largest absolute Gasteiger partial charge is 0.386 e. The zero-order chi connectivity index (χ0) is 17.6. The fourth-order valence-electron chi connectivity index (χ4n) is 2.04. The van der Waals surface area contributed by atoms with Gasteiger partial charge in [-0.3, -0.25) is 4.79 Å². The van der Waals surface area contributed by atoms with Crippen molar-refractivity contribution in [3.63, 3.8) is 0 Å². The van der Waals surface area contributed by atoms with Crippen LogP contribution in [0.15, 0.2) is 36.0 Å². The van der Waals surface area contributed by atoms with Crippen LogP contribution >= 0.6 is 0 Å². The molecular formula is C19H27N3O2. The zero-order valence-electron chi connectivity index (χ0n) is 14.6. The van der Waals surface area contributed by atoms with Crippen LogP contribution in [0.3, 0.4) is 0 Å². The Morgan fingerprint density at radius 3 is 2.75 bits per heavy atom. The van der Waals surface area contributed by atoms with Gasteiger partial charge in [-0.25, -0.2) is 0 Å². The number of aryl methyl sites for hydroxylation is 1. The first kappa shape index (κ1) is 19.7. The van der Waals surface area contributed by atoms with Crippen LogP contribution in [0.25, 0.3) is 0 Å². The van der Waals surface area contributed by atoms with Crippen LogP contribution in [0, 0.1) is 18.3 Å². The van der Waals surface area contributed by atoms with E-state index in [0.29, 0.717) is 19.7 Å². The number of ether oxygens (including phenoxy) is 1. The highest BCUT2D eigenvalue weighted by Gasteiger charge is 2.07. The number of nitriles is 1. The minimum Gasteiger partial charge on any atom is -0.386 e. The van der Waals surface area contributed by atoms with Crippen molar-refractivity contribution >= 4 is 5.91 Å². The van der Waals surface area contributed by atoms with Gasteiger partial charge in [0.2, 0.25) is 0 Å². The van der Waals surface area contributed by atoms with Crippen LogP contribution in [0.1, 0.15) is 37.3 Å². The number of carbonyl (C=O) groups is 1. The summed E-state index contributed by atoms with van der Waals surface area (Å²) in [6.45, 7) is 6.61. The van der Waals surface area contributed by atoms with Crippen molar-refractivity contribution in [2.24, 2.45) is 0 Å². The summed E-state index contributed by atoms with van der Waals surface area (Å²) in [5.41, 5.74) is 2.38. The Morgan fingerprint density at radius 2 is 2.04 bits per heavy atom. The Balaban J connectivity index is 2.30. The quantitative estimate of drug-likeness (QED) is 0.372. The third-order valence-electron chi connectivity index (χ3n) is 3.56. The third-order valence-corrected chi connectivity index (χ3v) is 3.56. The lowest BCUT2D eigenvalue weighted by Gasteiger charge is -2.07. The van der Waals surface area contributed by atoms with Crippen LogP contribution in [0.4, 0.5) is 0 Å². The van der Waals surface area contributed by atoms with Crippen molar-refractivity contribution in [2.45, 2.75) is 39.7 Å². The van der Waals surface area contributed by atoms with E-state index in [-0.39, 0.29) is 11.5 Å². The third kappa shape index (κ3) is 7.80. The lowest BCUT2D eigenvalue weighted by molar-refractivity contribution is -0.117. The average molecular weight is 329 g/mol. The first-order chi connectivity index (χ1) is 11.7. The number of benzene rings is 1. The van der Waals surface area contributed by atoms with E-state index in [2.05, 4.69) is 17.6 Å². The molecular weight excluding hydrogens is 302 g/mol. The second-order valence-corrected chi connectivity index (χ2v) is 5.55. The predicted molar refractivity (Wildman–Crippen MR) is 95.1 cm³/mol. The SMILES string of the molecule is CCCCOCCCNC(=O)/C(C#N)=C\NCc1ccccc1C. The fraction of sp³-hybridized carbons (Fsp3) is 0.474. The second-order valence-electron chi connectivity index (χ2n) is 5.55. The maximum Gasteiger partial charge on any atom is 0.263 e. The van der Waals surface area contributed by atoms with Crippen molar-refractivity contribution in [1.82, 2.24) is 10.6 Å². The summed E-state index contributed by atoms with van der Waals surface area (Å²) in [5.74, 6) is -0.358. The first-order valence-electron chi connectivity index (χ1n) is 8.43. The molecule has 0 aromatic heterocycles. The van der Waals surface area contributed by atoms with Gasteiger partial charge in [-0.15, -0.1) is 0 Å². The molecule has 1 amide bonds. The minimum absolute atomic E-state index is 0.0792. The maximum atomic E-state index is 11.9. The van der Waals surface area contributed by atoms with E-state index in [1.165, 1.54) is 11.8 Å². The van der Waals surface area contributed by atoms with Gasteiger partial charge in [-0.05, 0) is 30.9 Å². The van der Waals surface area contributed by atoms with Crippen molar-refractivity contribution < 1.29 is 9.53 Å². The Bertz CT molecular complexity index is 576. The van der Waals surface area contributed by atoms with Crippen LogP contribution in [-0.4, -0.2) is 25.7 Å². The molecule has 0 heterocycles. The summed E-state index contributed by atoms with van der Waals surface area (Å²) in [6.07, 6.45) is 4.38. The van der Waals surface area contributed by atoms with Gasteiger partial charge >= 0.3 is 0 Å². The number of nitrogens with one attached hydrogen (secondary N) is 2. The standard InChI is InChI=1S/C19H27N3O2/c1-3-4-11-24-12-7-10-22-19(23)18(13-20)15-21-14-17-9-6-5-8-16(17)2/h5-6,8-9,15,21H,3-4,7,10-12,14H2,1-2H3,(H,22,23)/b18-15-. The lowest BCUT2D eigenvalue weighted by Crippen LogP contribution is -2.27. The molecule has 0 bridgehead atoms.